The van der Waals surface area contributed by atoms with Gasteiger partial charge >= 0.3 is 5.97 Å². The Morgan fingerprint density at radius 1 is 1.50 bits per heavy atom. The smallest absolute Gasteiger partial charge is 0.357 e. The highest BCUT2D eigenvalue weighted by atomic mass is 16.5. The molecule has 1 aromatic rings. The molecule has 0 aliphatic heterocycles. The van der Waals surface area contributed by atoms with E-state index >= 15 is 0 Å². The minimum atomic E-state index is -0.992. The Morgan fingerprint density at radius 2 is 2.20 bits per heavy atom. The van der Waals surface area contributed by atoms with Crippen molar-refractivity contribution >= 4 is 11.9 Å². The van der Waals surface area contributed by atoms with Crippen molar-refractivity contribution in [3.63, 3.8) is 0 Å². The summed E-state index contributed by atoms with van der Waals surface area (Å²) in [5, 5.41) is 11.6. The fraction of sp³-hybridized carbons (Fsp3) is 0.429. The molecule has 0 saturated carbocycles. The molecule has 1 N–H and O–H groups in total. The standard InChI is InChI=1S/C14H17N3O3/c1-10(2)14(3,9-15)17-12(18)8-20-13(19)11-6-4-5-7-16-11/h4-7,10H,8H2,1-3H3,(H,17,18)/t14-/m0/s1. The van der Waals surface area contributed by atoms with Crippen LogP contribution in [0.4, 0.5) is 0 Å². The van der Waals surface area contributed by atoms with Crippen molar-refractivity contribution < 1.29 is 14.3 Å². The van der Waals surface area contributed by atoms with E-state index in [1.54, 1.807) is 19.1 Å². The number of esters is 1. The summed E-state index contributed by atoms with van der Waals surface area (Å²) in [5.41, 5.74) is -0.860. The van der Waals surface area contributed by atoms with Gasteiger partial charge in [0.1, 0.15) is 11.2 Å². The number of rotatable bonds is 5. The molecule has 20 heavy (non-hydrogen) atoms. The van der Waals surface area contributed by atoms with Crippen LogP contribution in [0.3, 0.4) is 0 Å². The van der Waals surface area contributed by atoms with Crippen molar-refractivity contribution in [1.82, 2.24) is 10.3 Å². The van der Waals surface area contributed by atoms with Gasteiger partial charge in [0.15, 0.2) is 6.61 Å². The van der Waals surface area contributed by atoms with Crippen LogP contribution in [0.15, 0.2) is 24.4 Å². The maximum Gasteiger partial charge on any atom is 0.357 e. The van der Waals surface area contributed by atoms with Crippen LogP contribution in [0.1, 0.15) is 31.3 Å². The Hall–Kier alpha value is -2.42. The predicted octanol–water partition coefficient (Wildman–Crippen LogP) is 1.29. The molecule has 1 aromatic heterocycles. The van der Waals surface area contributed by atoms with Gasteiger partial charge in [0.05, 0.1) is 6.07 Å². The number of amides is 1. The van der Waals surface area contributed by atoms with Crippen LogP contribution in [0.25, 0.3) is 0 Å². The van der Waals surface area contributed by atoms with E-state index in [1.165, 1.54) is 12.3 Å². The van der Waals surface area contributed by atoms with E-state index in [2.05, 4.69) is 10.3 Å². The molecule has 1 heterocycles. The largest absolute Gasteiger partial charge is 0.451 e. The maximum atomic E-state index is 11.7. The molecule has 1 atom stereocenters. The molecule has 1 rings (SSSR count). The van der Waals surface area contributed by atoms with E-state index in [9.17, 15) is 9.59 Å². The molecule has 0 bridgehead atoms. The molecule has 6 nitrogen and oxygen atoms in total. The molecule has 6 heteroatoms. The zero-order valence-electron chi connectivity index (χ0n) is 11.7. The molecular weight excluding hydrogens is 258 g/mol. The first-order valence-electron chi connectivity index (χ1n) is 6.19. The first-order valence-corrected chi connectivity index (χ1v) is 6.19. The predicted molar refractivity (Wildman–Crippen MR) is 71.5 cm³/mol. The van der Waals surface area contributed by atoms with Crippen LogP contribution in [-0.2, 0) is 9.53 Å². The molecule has 0 unspecified atom stereocenters. The summed E-state index contributed by atoms with van der Waals surface area (Å²) in [6.45, 7) is 4.82. The quantitative estimate of drug-likeness (QED) is 0.817. The number of nitrogens with zero attached hydrogens (tertiary/aromatic N) is 2. The molecule has 1 amide bonds. The Morgan fingerprint density at radius 3 is 2.70 bits per heavy atom. The fourth-order valence-electron chi connectivity index (χ4n) is 1.32. The summed E-state index contributed by atoms with van der Waals surface area (Å²) in [6.07, 6.45) is 1.46. The monoisotopic (exact) mass is 275 g/mol. The van der Waals surface area contributed by atoms with E-state index in [1.807, 2.05) is 19.9 Å². The number of hydrogen-bond donors (Lipinski definition) is 1. The van der Waals surface area contributed by atoms with Gasteiger partial charge in [-0.2, -0.15) is 5.26 Å². The maximum absolute atomic E-state index is 11.7. The average molecular weight is 275 g/mol. The van der Waals surface area contributed by atoms with E-state index < -0.39 is 24.0 Å². The molecule has 0 aromatic carbocycles. The number of nitriles is 1. The molecule has 0 aliphatic rings. The lowest BCUT2D eigenvalue weighted by Gasteiger charge is -2.27. The highest BCUT2D eigenvalue weighted by Crippen LogP contribution is 2.14. The minimum absolute atomic E-state index is 0.0667. The third-order valence-corrected chi connectivity index (χ3v) is 2.99. The van der Waals surface area contributed by atoms with Crippen molar-refractivity contribution in [2.75, 3.05) is 6.61 Å². The van der Waals surface area contributed by atoms with Gasteiger partial charge in [-0.05, 0) is 25.0 Å². The number of aromatic nitrogens is 1. The number of ether oxygens (including phenoxy) is 1. The van der Waals surface area contributed by atoms with Gasteiger partial charge < -0.3 is 10.1 Å². The van der Waals surface area contributed by atoms with Crippen LogP contribution < -0.4 is 5.32 Å². The summed E-state index contributed by atoms with van der Waals surface area (Å²) in [5.74, 6) is -1.26. The lowest BCUT2D eigenvalue weighted by atomic mass is 9.90. The molecule has 0 saturated heterocycles. The van der Waals surface area contributed by atoms with Gasteiger partial charge in [-0.15, -0.1) is 0 Å². The van der Waals surface area contributed by atoms with Crippen LogP contribution in [0.2, 0.25) is 0 Å². The van der Waals surface area contributed by atoms with E-state index in [4.69, 9.17) is 10.00 Å². The van der Waals surface area contributed by atoms with Crippen molar-refractivity contribution in [2.45, 2.75) is 26.3 Å². The van der Waals surface area contributed by atoms with Crippen LogP contribution in [0, 0.1) is 17.2 Å². The number of carbonyl (C=O) groups is 2. The van der Waals surface area contributed by atoms with Gasteiger partial charge in [0, 0.05) is 6.20 Å². The molecular formula is C14H17N3O3. The minimum Gasteiger partial charge on any atom is -0.451 e. The fourth-order valence-corrected chi connectivity index (χ4v) is 1.32. The summed E-state index contributed by atoms with van der Waals surface area (Å²) in [7, 11) is 0. The second-order valence-corrected chi connectivity index (χ2v) is 4.81. The molecule has 0 aliphatic carbocycles. The molecule has 0 spiro atoms. The molecule has 0 radical (unpaired) electrons. The van der Waals surface area contributed by atoms with Crippen molar-refractivity contribution in [2.24, 2.45) is 5.92 Å². The topological polar surface area (TPSA) is 92.1 Å². The van der Waals surface area contributed by atoms with Gasteiger partial charge in [-0.1, -0.05) is 19.9 Å². The first kappa shape index (κ1) is 15.6. The number of carbonyl (C=O) groups excluding carboxylic acids is 2. The summed E-state index contributed by atoms with van der Waals surface area (Å²) < 4.78 is 4.84. The highest BCUT2D eigenvalue weighted by molar-refractivity contribution is 5.89. The van der Waals surface area contributed by atoms with Crippen molar-refractivity contribution in [1.29, 1.82) is 5.26 Å². The van der Waals surface area contributed by atoms with Gasteiger partial charge in [-0.3, -0.25) is 4.79 Å². The van der Waals surface area contributed by atoms with Gasteiger partial charge in [0.25, 0.3) is 5.91 Å². The zero-order chi connectivity index (χ0) is 15.2. The average Bonchev–Trinajstić information content (AvgIpc) is 2.45. The second kappa shape index (κ2) is 6.66. The van der Waals surface area contributed by atoms with E-state index in [0.29, 0.717) is 0 Å². The number of nitrogens with one attached hydrogen (secondary N) is 1. The third-order valence-electron chi connectivity index (χ3n) is 2.99. The number of pyridine rings is 1. The van der Waals surface area contributed by atoms with Crippen LogP contribution in [0.5, 0.6) is 0 Å². The molecule has 106 valence electrons. The van der Waals surface area contributed by atoms with E-state index in [0.717, 1.165) is 0 Å². The summed E-state index contributed by atoms with van der Waals surface area (Å²) in [4.78, 5) is 27.1. The summed E-state index contributed by atoms with van der Waals surface area (Å²) >= 11 is 0. The normalized spacial score (nSPS) is 13.2. The Balaban J connectivity index is 2.53. The first-order chi connectivity index (χ1) is 9.39. The number of hydrogen-bond acceptors (Lipinski definition) is 5. The second-order valence-electron chi connectivity index (χ2n) is 4.81. The van der Waals surface area contributed by atoms with E-state index in [-0.39, 0.29) is 11.6 Å². The van der Waals surface area contributed by atoms with Crippen molar-refractivity contribution in [3.05, 3.63) is 30.1 Å². The van der Waals surface area contributed by atoms with Crippen LogP contribution >= 0.6 is 0 Å². The highest BCUT2D eigenvalue weighted by Gasteiger charge is 2.30. The van der Waals surface area contributed by atoms with Gasteiger partial charge in [0.2, 0.25) is 0 Å². The third kappa shape index (κ3) is 4.05. The Labute approximate surface area is 117 Å². The summed E-state index contributed by atoms with van der Waals surface area (Å²) in [6, 6.07) is 6.86. The Kier molecular flexibility index (Phi) is 5.21. The molecule has 0 fully saturated rings. The van der Waals surface area contributed by atoms with Crippen molar-refractivity contribution in [3.8, 4) is 6.07 Å². The Bertz CT molecular complexity index is 522. The zero-order valence-corrected chi connectivity index (χ0v) is 11.7. The van der Waals surface area contributed by atoms with Gasteiger partial charge in [-0.25, -0.2) is 9.78 Å². The van der Waals surface area contributed by atoms with Crippen LogP contribution in [-0.4, -0.2) is 29.0 Å². The lowest BCUT2D eigenvalue weighted by molar-refractivity contribution is -0.125. The lowest BCUT2D eigenvalue weighted by Crippen LogP contribution is -2.50. The SMILES string of the molecule is CC(C)[C@](C)(C#N)NC(=O)COC(=O)c1ccccn1.